The zero-order valence-corrected chi connectivity index (χ0v) is 22.4. The summed E-state index contributed by atoms with van der Waals surface area (Å²) >= 11 is 6.38. The largest absolute Gasteiger partial charge is 0.439 e. The number of imidazole rings is 1. The number of rotatable bonds is 6. The highest BCUT2D eigenvalue weighted by Gasteiger charge is 2.33. The van der Waals surface area contributed by atoms with Crippen LogP contribution in [0, 0.1) is 5.92 Å². The van der Waals surface area contributed by atoms with Gasteiger partial charge in [-0.3, -0.25) is 14.5 Å². The summed E-state index contributed by atoms with van der Waals surface area (Å²) in [5.74, 6) is 0.896. The molecule has 2 N–H and O–H groups in total. The summed E-state index contributed by atoms with van der Waals surface area (Å²) in [5, 5.41) is 15.6. The number of pyridine rings is 2. The molecule has 13 heteroatoms. The number of halogens is 1. The SMILES string of the molecule is C=C1CCC(Cn2c(N3CCCC3c3cn[nH]n3)nc3cc(-c4noc(=O)[nH]4)nc(-c4cncc(Cl)c4)c32)CC1. The quantitative estimate of drug-likeness (QED) is 0.283. The molecule has 1 aliphatic carbocycles. The van der Waals surface area contributed by atoms with E-state index in [4.69, 9.17) is 26.1 Å². The fourth-order valence-corrected chi connectivity index (χ4v) is 6.13. The molecule has 0 amide bonds. The Labute approximate surface area is 233 Å². The van der Waals surface area contributed by atoms with E-state index in [2.05, 4.69) is 46.6 Å². The van der Waals surface area contributed by atoms with Crippen molar-refractivity contribution in [1.29, 1.82) is 0 Å². The van der Waals surface area contributed by atoms with Crippen LogP contribution in [0.4, 0.5) is 5.95 Å². The molecule has 0 aromatic carbocycles. The highest BCUT2D eigenvalue weighted by atomic mass is 35.5. The summed E-state index contributed by atoms with van der Waals surface area (Å²) < 4.78 is 7.08. The van der Waals surface area contributed by atoms with Crippen LogP contribution in [-0.2, 0) is 6.54 Å². The Morgan fingerprint density at radius 1 is 1.12 bits per heavy atom. The zero-order valence-electron chi connectivity index (χ0n) is 21.7. The second-order valence-corrected chi connectivity index (χ2v) is 11.0. The molecule has 1 unspecified atom stereocenters. The molecule has 12 nitrogen and oxygen atoms in total. The maximum Gasteiger partial charge on any atom is 0.439 e. The lowest BCUT2D eigenvalue weighted by atomic mass is 9.86. The molecule has 0 radical (unpaired) electrons. The van der Waals surface area contributed by atoms with Gasteiger partial charge in [-0.15, -0.1) is 0 Å². The summed E-state index contributed by atoms with van der Waals surface area (Å²) in [6.45, 7) is 5.83. The van der Waals surface area contributed by atoms with Gasteiger partial charge in [-0.1, -0.05) is 28.9 Å². The fraction of sp³-hybridized carbons (Fsp3) is 0.370. The van der Waals surface area contributed by atoms with E-state index in [0.29, 0.717) is 22.3 Å². The smallest absolute Gasteiger partial charge is 0.333 e. The average molecular weight is 559 g/mol. The summed E-state index contributed by atoms with van der Waals surface area (Å²) in [6.07, 6.45) is 11.3. The summed E-state index contributed by atoms with van der Waals surface area (Å²) in [5.41, 5.74) is 5.65. The number of aromatic amines is 2. The van der Waals surface area contributed by atoms with Crippen molar-refractivity contribution >= 4 is 28.6 Å². The van der Waals surface area contributed by atoms with E-state index in [9.17, 15) is 4.79 Å². The molecule has 1 aliphatic heterocycles. The number of hydrogen-bond acceptors (Lipinski definition) is 9. The molecule has 1 saturated carbocycles. The molecule has 7 rings (SSSR count). The fourth-order valence-electron chi connectivity index (χ4n) is 5.95. The maximum atomic E-state index is 11.8. The minimum absolute atomic E-state index is 0.0519. The molecular weight excluding hydrogens is 532 g/mol. The first-order valence-corrected chi connectivity index (χ1v) is 13.8. The van der Waals surface area contributed by atoms with Crippen LogP contribution >= 0.6 is 11.6 Å². The molecule has 0 spiro atoms. The number of nitrogens with zero attached hydrogens (tertiary/aromatic N) is 8. The topological polar surface area (TPSA) is 147 Å². The number of fused-ring (bicyclic) bond motifs is 1. The average Bonchev–Trinajstić information content (AvgIpc) is 3.76. The standard InChI is InChI=1S/C27H27ClN10O2/c1-15-4-6-16(7-5-15)14-38-24-19(32-26(38)37-8-2-3-22(37)21-13-30-36-34-21)10-20(25-33-27(39)40-35-25)31-23(24)17-9-18(28)12-29-11-17/h9-13,16,22H,1-8,14H2,(H,30,34,36)(H,33,35,39). The molecule has 0 bridgehead atoms. The van der Waals surface area contributed by atoms with Crippen molar-refractivity contribution in [1.82, 2.24) is 45.1 Å². The summed E-state index contributed by atoms with van der Waals surface area (Å²) in [7, 11) is 0. The van der Waals surface area contributed by atoms with Gasteiger partial charge in [0.05, 0.1) is 34.0 Å². The van der Waals surface area contributed by atoms with Crippen molar-refractivity contribution in [2.24, 2.45) is 5.92 Å². The van der Waals surface area contributed by atoms with Crippen LogP contribution in [0.25, 0.3) is 33.8 Å². The predicted molar refractivity (Wildman–Crippen MR) is 149 cm³/mol. The Morgan fingerprint density at radius 2 is 2.00 bits per heavy atom. The normalized spacial score (nSPS) is 18.3. The molecule has 204 valence electrons. The first kappa shape index (κ1) is 24.7. The first-order valence-electron chi connectivity index (χ1n) is 13.4. The van der Waals surface area contributed by atoms with E-state index in [-0.39, 0.29) is 11.9 Å². The highest BCUT2D eigenvalue weighted by molar-refractivity contribution is 6.30. The molecule has 1 saturated heterocycles. The predicted octanol–water partition coefficient (Wildman–Crippen LogP) is 4.70. The summed E-state index contributed by atoms with van der Waals surface area (Å²) in [4.78, 5) is 31.2. The van der Waals surface area contributed by atoms with Gasteiger partial charge < -0.3 is 9.47 Å². The van der Waals surface area contributed by atoms with Crippen molar-refractivity contribution in [3.05, 3.63) is 64.1 Å². The third-order valence-electron chi connectivity index (χ3n) is 7.90. The van der Waals surface area contributed by atoms with Crippen LogP contribution in [0.15, 0.2) is 52.2 Å². The lowest BCUT2D eigenvalue weighted by Gasteiger charge is -2.29. The zero-order chi connectivity index (χ0) is 27.2. The second kappa shape index (κ2) is 10.0. The molecule has 5 aromatic rings. The molecule has 1 atom stereocenters. The van der Waals surface area contributed by atoms with Gasteiger partial charge in [0, 0.05) is 31.0 Å². The van der Waals surface area contributed by atoms with Gasteiger partial charge in [-0.05, 0) is 56.6 Å². The molecule has 5 aromatic heterocycles. The molecule has 2 fully saturated rings. The van der Waals surface area contributed by atoms with Crippen molar-refractivity contribution in [3.63, 3.8) is 0 Å². The van der Waals surface area contributed by atoms with Crippen LogP contribution in [0.1, 0.15) is 50.3 Å². The number of allylic oxidation sites excluding steroid dienone is 1. The highest BCUT2D eigenvalue weighted by Crippen LogP contribution is 2.40. The second-order valence-electron chi connectivity index (χ2n) is 10.5. The van der Waals surface area contributed by atoms with Crippen LogP contribution in [0.3, 0.4) is 0 Å². The van der Waals surface area contributed by atoms with Gasteiger partial charge in [0.25, 0.3) is 0 Å². The third kappa shape index (κ3) is 4.47. The molecule has 2 aliphatic rings. The minimum Gasteiger partial charge on any atom is -0.333 e. The monoisotopic (exact) mass is 558 g/mol. The van der Waals surface area contributed by atoms with E-state index in [1.165, 1.54) is 5.57 Å². The number of aromatic nitrogens is 9. The van der Waals surface area contributed by atoms with Crippen molar-refractivity contribution < 1.29 is 4.52 Å². The molecule has 6 heterocycles. The Hall–Kier alpha value is -4.32. The van der Waals surface area contributed by atoms with E-state index in [1.807, 2.05) is 12.1 Å². The number of nitrogens with one attached hydrogen (secondary N) is 2. The summed E-state index contributed by atoms with van der Waals surface area (Å²) in [6, 6.07) is 3.73. The lowest BCUT2D eigenvalue weighted by Crippen LogP contribution is -2.27. The van der Waals surface area contributed by atoms with Gasteiger partial charge in [-0.25, -0.2) is 14.8 Å². The van der Waals surface area contributed by atoms with Crippen molar-refractivity contribution in [3.8, 4) is 22.8 Å². The number of anilines is 1. The Morgan fingerprint density at radius 3 is 2.75 bits per heavy atom. The molecular formula is C27H27ClN10O2. The Bertz CT molecular complexity index is 1740. The van der Waals surface area contributed by atoms with Crippen molar-refractivity contribution in [2.75, 3.05) is 11.4 Å². The lowest BCUT2D eigenvalue weighted by molar-refractivity contribution is 0.362. The molecule has 40 heavy (non-hydrogen) atoms. The Kier molecular flexibility index (Phi) is 6.18. The van der Waals surface area contributed by atoms with Gasteiger partial charge in [0.1, 0.15) is 11.4 Å². The van der Waals surface area contributed by atoms with Gasteiger partial charge >= 0.3 is 5.76 Å². The van der Waals surface area contributed by atoms with Crippen LogP contribution in [-0.4, -0.2) is 51.6 Å². The number of H-pyrrole nitrogens is 2. The minimum atomic E-state index is -0.652. The third-order valence-corrected chi connectivity index (χ3v) is 8.11. The van der Waals surface area contributed by atoms with Crippen LogP contribution in [0.5, 0.6) is 0 Å². The van der Waals surface area contributed by atoms with E-state index in [1.54, 1.807) is 18.6 Å². The van der Waals surface area contributed by atoms with E-state index in [0.717, 1.165) is 79.9 Å². The van der Waals surface area contributed by atoms with E-state index >= 15 is 0 Å². The van der Waals surface area contributed by atoms with Crippen molar-refractivity contribution in [2.45, 2.75) is 51.1 Å². The number of hydrogen-bond donors (Lipinski definition) is 2. The van der Waals surface area contributed by atoms with Gasteiger partial charge in [-0.2, -0.15) is 15.4 Å². The maximum absolute atomic E-state index is 11.8. The van der Waals surface area contributed by atoms with E-state index < -0.39 is 5.76 Å². The first-order chi connectivity index (χ1) is 19.5. The van der Waals surface area contributed by atoms with Gasteiger partial charge in [0.2, 0.25) is 11.8 Å². The Balaban J connectivity index is 1.45. The van der Waals surface area contributed by atoms with Crippen LogP contribution in [0.2, 0.25) is 5.02 Å². The van der Waals surface area contributed by atoms with Crippen LogP contribution < -0.4 is 10.7 Å². The van der Waals surface area contributed by atoms with Gasteiger partial charge in [0.15, 0.2) is 0 Å².